The maximum Gasteiger partial charge on any atom is 0.408 e. The van der Waals surface area contributed by atoms with Crippen molar-refractivity contribution in [3.8, 4) is 0 Å². The van der Waals surface area contributed by atoms with Crippen molar-refractivity contribution < 1.29 is 19.1 Å². The molecule has 0 saturated heterocycles. The predicted octanol–water partition coefficient (Wildman–Crippen LogP) is 4.13. The number of hydrogen-bond donors (Lipinski definition) is 3. The van der Waals surface area contributed by atoms with Gasteiger partial charge in [0, 0.05) is 18.7 Å². The van der Waals surface area contributed by atoms with Crippen LogP contribution in [-0.4, -0.2) is 30.1 Å². The zero-order valence-corrected chi connectivity index (χ0v) is 18.4. The summed E-state index contributed by atoms with van der Waals surface area (Å²) in [5.74, 6) is 0.452. The Hall–Kier alpha value is -2.57. The zero-order valence-electron chi connectivity index (χ0n) is 18.4. The number of amides is 3. The molecule has 0 spiro atoms. The van der Waals surface area contributed by atoms with E-state index in [2.05, 4.69) is 16.0 Å². The smallest absolute Gasteiger partial charge is 0.408 e. The molecule has 0 radical (unpaired) electrons. The Bertz CT molecular complexity index is 704. The van der Waals surface area contributed by atoms with Crippen LogP contribution < -0.4 is 16.0 Å². The van der Waals surface area contributed by atoms with Gasteiger partial charge >= 0.3 is 6.09 Å². The van der Waals surface area contributed by atoms with Crippen molar-refractivity contribution in [1.82, 2.24) is 10.6 Å². The van der Waals surface area contributed by atoms with Crippen molar-refractivity contribution in [1.29, 1.82) is 0 Å². The second-order valence-electron chi connectivity index (χ2n) is 8.92. The van der Waals surface area contributed by atoms with E-state index in [0.29, 0.717) is 24.6 Å². The molecule has 7 heteroatoms. The summed E-state index contributed by atoms with van der Waals surface area (Å²) >= 11 is 0. The molecule has 0 bridgehead atoms. The second-order valence-corrected chi connectivity index (χ2v) is 8.92. The van der Waals surface area contributed by atoms with Gasteiger partial charge in [-0.15, -0.1) is 0 Å². The first-order valence-corrected chi connectivity index (χ1v) is 10.8. The van der Waals surface area contributed by atoms with Crippen LogP contribution in [0.5, 0.6) is 0 Å². The van der Waals surface area contributed by atoms with Gasteiger partial charge in [-0.3, -0.25) is 9.59 Å². The molecule has 1 aromatic carbocycles. The summed E-state index contributed by atoms with van der Waals surface area (Å²) in [6.07, 6.45) is 7.38. The van der Waals surface area contributed by atoms with Crippen LogP contribution in [0.25, 0.3) is 0 Å². The minimum Gasteiger partial charge on any atom is -0.444 e. The number of carbonyl (C=O) groups excluding carboxylic acids is 3. The summed E-state index contributed by atoms with van der Waals surface area (Å²) in [5, 5.41) is 8.09. The largest absolute Gasteiger partial charge is 0.444 e. The van der Waals surface area contributed by atoms with Crippen LogP contribution in [0, 0.1) is 5.92 Å². The molecule has 0 atom stereocenters. The van der Waals surface area contributed by atoms with Gasteiger partial charge in [-0.25, -0.2) is 4.79 Å². The number of carbonyl (C=O) groups is 3. The molecule has 1 aliphatic rings. The fourth-order valence-corrected chi connectivity index (χ4v) is 3.48. The Balaban J connectivity index is 1.65. The summed E-state index contributed by atoms with van der Waals surface area (Å²) < 4.78 is 5.09. The van der Waals surface area contributed by atoms with E-state index < -0.39 is 11.7 Å². The lowest BCUT2D eigenvalue weighted by molar-refractivity contribution is -0.121. The lowest BCUT2D eigenvalue weighted by Gasteiger charge is -2.21. The van der Waals surface area contributed by atoms with Gasteiger partial charge in [0.25, 0.3) is 0 Å². The molecular weight excluding hydrogens is 382 g/mol. The molecule has 3 N–H and O–H groups in total. The number of ether oxygens (including phenoxy) is 1. The first-order valence-electron chi connectivity index (χ1n) is 10.8. The Labute approximate surface area is 179 Å². The van der Waals surface area contributed by atoms with Crippen molar-refractivity contribution in [2.75, 3.05) is 11.9 Å². The van der Waals surface area contributed by atoms with E-state index >= 15 is 0 Å². The van der Waals surface area contributed by atoms with E-state index in [1.165, 1.54) is 32.1 Å². The van der Waals surface area contributed by atoms with Gasteiger partial charge in [-0.1, -0.05) is 44.2 Å². The molecule has 1 aromatic rings. The number of alkyl carbamates (subject to hydrolysis) is 1. The van der Waals surface area contributed by atoms with Gasteiger partial charge in [-0.05, 0) is 50.8 Å². The Kier molecular flexibility index (Phi) is 9.15. The van der Waals surface area contributed by atoms with Crippen LogP contribution in [0.2, 0.25) is 0 Å². The third-order valence-corrected chi connectivity index (χ3v) is 5.02. The van der Waals surface area contributed by atoms with Gasteiger partial charge in [-0.2, -0.15) is 0 Å². The van der Waals surface area contributed by atoms with Gasteiger partial charge in [0.15, 0.2) is 0 Å². The van der Waals surface area contributed by atoms with E-state index in [1.54, 1.807) is 32.9 Å². The Morgan fingerprint density at radius 3 is 2.27 bits per heavy atom. The summed E-state index contributed by atoms with van der Waals surface area (Å²) in [7, 11) is 0. The molecule has 3 amide bonds. The monoisotopic (exact) mass is 417 g/mol. The van der Waals surface area contributed by atoms with Crippen molar-refractivity contribution in [2.45, 2.75) is 77.9 Å². The van der Waals surface area contributed by atoms with Crippen LogP contribution >= 0.6 is 0 Å². The second kappa shape index (κ2) is 11.6. The number of nitrogens with one attached hydrogen (secondary N) is 3. The summed E-state index contributed by atoms with van der Waals surface area (Å²) in [6, 6.07) is 7.26. The van der Waals surface area contributed by atoms with Gasteiger partial charge in [0.1, 0.15) is 12.1 Å². The normalized spacial score (nSPS) is 14.6. The van der Waals surface area contributed by atoms with E-state index in [-0.39, 0.29) is 18.4 Å². The predicted molar refractivity (Wildman–Crippen MR) is 117 cm³/mol. The average Bonchev–Trinajstić information content (AvgIpc) is 2.70. The van der Waals surface area contributed by atoms with E-state index in [0.717, 1.165) is 12.0 Å². The Morgan fingerprint density at radius 2 is 1.63 bits per heavy atom. The fraction of sp³-hybridized carbons (Fsp3) is 0.609. The maximum absolute atomic E-state index is 12.1. The molecule has 1 aliphatic carbocycles. The lowest BCUT2D eigenvalue weighted by atomic mass is 9.86. The minimum absolute atomic E-state index is 0.0890. The molecule has 2 rings (SSSR count). The van der Waals surface area contributed by atoms with E-state index in [4.69, 9.17) is 4.74 Å². The molecular formula is C23H35N3O4. The standard InChI is InChI=1S/C23H35N3O4/c1-23(2,3)30-22(29)25-16-21(28)26-19-12-9-18(10-13-19)15-24-20(27)14-11-17-7-5-4-6-8-17/h9-10,12-13,17H,4-8,11,14-16H2,1-3H3,(H,24,27)(H,25,29)(H,26,28). The molecule has 166 valence electrons. The average molecular weight is 418 g/mol. The Morgan fingerprint density at radius 1 is 0.967 bits per heavy atom. The van der Waals surface area contributed by atoms with Crippen molar-refractivity contribution in [2.24, 2.45) is 5.92 Å². The molecule has 0 heterocycles. The summed E-state index contributed by atoms with van der Waals surface area (Å²) in [5.41, 5.74) is 0.978. The molecule has 0 aliphatic heterocycles. The van der Waals surface area contributed by atoms with Gasteiger partial charge < -0.3 is 20.7 Å². The van der Waals surface area contributed by atoms with Crippen LogP contribution in [0.3, 0.4) is 0 Å². The molecule has 1 fully saturated rings. The molecule has 30 heavy (non-hydrogen) atoms. The van der Waals surface area contributed by atoms with Gasteiger partial charge in [0.2, 0.25) is 11.8 Å². The van der Waals surface area contributed by atoms with E-state index in [1.807, 2.05) is 12.1 Å². The zero-order chi connectivity index (χ0) is 22.0. The highest BCUT2D eigenvalue weighted by molar-refractivity contribution is 5.93. The van der Waals surface area contributed by atoms with Crippen molar-refractivity contribution in [3.63, 3.8) is 0 Å². The highest BCUT2D eigenvalue weighted by Crippen LogP contribution is 2.27. The minimum atomic E-state index is -0.632. The third kappa shape index (κ3) is 9.76. The lowest BCUT2D eigenvalue weighted by Crippen LogP contribution is -2.37. The number of hydrogen-bond acceptors (Lipinski definition) is 4. The highest BCUT2D eigenvalue weighted by atomic mass is 16.6. The summed E-state index contributed by atoms with van der Waals surface area (Å²) in [4.78, 5) is 35.6. The van der Waals surface area contributed by atoms with E-state index in [9.17, 15) is 14.4 Å². The first-order chi connectivity index (χ1) is 14.2. The van der Waals surface area contributed by atoms with Crippen molar-refractivity contribution in [3.05, 3.63) is 29.8 Å². The maximum atomic E-state index is 12.1. The molecule has 7 nitrogen and oxygen atoms in total. The fourth-order valence-electron chi connectivity index (χ4n) is 3.48. The van der Waals surface area contributed by atoms with Crippen LogP contribution in [0.4, 0.5) is 10.5 Å². The van der Waals surface area contributed by atoms with Crippen molar-refractivity contribution >= 4 is 23.6 Å². The van der Waals surface area contributed by atoms with Gasteiger partial charge in [0.05, 0.1) is 0 Å². The first kappa shape index (κ1) is 23.7. The SMILES string of the molecule is CC(C)(C)OC(=O)NCC(=O)Nc1ccc(CNC(=O)CCC2CCCCC2)cc1. The number of benzene rings is 1. The highest BCUT2D eigenvalue weighted by Gasteiger charge is 2.17. The topological polar surface area (TPSA) is 96.5 Å². The quantitative estimate of drug-likeness (QED) is 0.593. The molecule has 1 saturated carbocycles. The molecule has 0 unspecified atom stereocenters. The number of anilines is 1. The third-order valence-electron chi connectivity index (χ3n) is 5.02. The summed E-state index contributed by atoms with van der Waals surface area (Å²) in [6.45, 7) is 5.57. The number of rotatable bonds is 8. The van der Waals surface area contributed by atoms with Crippen LogP contribution in [-0.2, 0) is 20.9 Å². The van der Waals surface area contributed by atoms with Crippen LogP contribution in [0.1, 0.15) is 71.3 Å². The molecule has 0 aromatic heterocycles. The van der Waals surface area contributed by atoms with Crippen LogP contribution in [0.15, 0.2) is 24.3 Å².